The minimum absolute atomic E-state index is 0.247. The van der Waals surface area contributed by atoms with Crippen molar-refractivity contribution in [3.8, 4) is 5.75 Å². The van der Waals surface area contributed by atoms with Gasteiger partial charge >= 0.3 is 0 Å². The van der Waals surface area contributed by atoms with Crippen LogP contribution in [-0.2, 0) is 4.79 Å². The first-order valence-corrected chi connectivity index (χ1v) is 5.91. The Morgan fingerprint density at radius 3 is 2.82 bits per heavy atom. The zero-order valence-electron chi connectivity index (χ0n) is 10.00. The lowest BCUT2D eigenvalue weighted by Crippen LogP contribution is -2.32. The molecule has 5 heteroatoms. The first-order valence-electron chi connectivity index (χ1n) is 5.53. The van der Waals surface area contributed by atoms with E-state index in [0.717, 1.165) is 6.42 Å². The molecule has 17 heavy (non-hydrogen) atoms. The van der Waals surface area contributed by atoms with Gasteiger partial charge in [-0.3, -0.25) is 4.79 Å². The van der Waals surface area contributed by atoms with E-state index in [-0.39, 0.29) is 5.91 Å². The molecule has 0 aliphatic rings. The summed E-state index contributed by atoms with van der Waals surface area (Å²) >= 11 is 6.02. The molecule has 94 valence electrons. The first kappa shape index (κ1) is 13.8. The van der Waals surface area contributed by atoms with Crippen LogP contribution in [0.3, 0.4) is 0 Å². The molecule has 1 aromatic rings. The van der Waals surface area contributed by atoms with Crippen LogP contribution in [0.25, 0.3) is 0 Å². The standard InChI is InChI=1S/C12H17ClN2O2/c1-3-6-17-11-5-4-9(7-10(11)13)15-12(16)8(2)14/h4-5,7-8H,3,6,14H2,1-2H3,(H,15,16). The summed E-state index contributed by atoms with van der Waals surface area (Å²) in [4.78, 5) is 11.4. The lowest BCUT2D eigenvalue weighted by atomic mass is 10.2. The molecule has 0 saturated heterocycles. The van der Waals surface area contributed by atoms with Crippen LogP contribution in [-0.4, -0.2) is 18.6 Å². The van der Waals surface area contributed by atoms with E-state index >= 15 is 0 Å². The topological polar surface area (TPSA) is 64.3 Å². The number of hydrogen-bond acceptors (Lipinski definition) is 3. The summed E-state index contributed by atoms with van der Waals surface area (Å²) in [6, 6.07) is 4.56. The lowest BCUT2D eigenvalue weighted by Gasteiger charge is -2.10. The van der Waals surface area contributed by atoms with Crippen LogP contribution >= 0.6 is 11.6 Å². The van der Waals surface area contributed by atoms with E-state index < -0.39 is 6.04 Å². The average Bonchev–Trinajstić information content (AvgIpc) is 2.28. The van der Waals surface area contributed by atoms with Gasteiger partial charge in [0.25, 0.3) is 0 Å². The van der Waals surface area contributed by atoms with Gasteiger partial charge in [-0.2, -0.15) is 0 Å². The highest BCUT2D eigenvalue weighted by molar-refractivity contribution is 6.32. The second kappa shape index (κ2) is 6.47. The predicted octanol–water partition coefficient (Wildman–Crippen LogP) is 2.41. The number of nitrogens with two attached hydrogens (primary N) is 1. The molecule has 0 aliphatic carbocycles. The molecule has 0 heterocycles. The Bertz CT molecular complexity index is 394. The second-order valence-electron chi connectivity index (χ2n) is 3.77. The molecule has 1 atom stereocenters. The SMILES string of the molecule is CCCOc1ccc(NC(=O)C(C)N)cc1Cl. The first-order chi connectivity index (χ1) is 8.04. The Labute approximate surface area is 106 Å². The van der Waals surface area contributed by atoms with E-state index in [9.17, 15) is 4.79 Å². The third-order valence-electron chi connectivity index (χ3n) is 2.07. The van der Waals surface area contributed by atoms with E-state index in [1.165, 1.54) is 0 Å². The van der Waals surface area contributed by atoms with Crippen molar-refractivity contribution in [2.75, 3.05) is 11.9 Å². The Balaban J connectivity index is 2.71. The molecule has 3 N–H and O–H groups in total. The number of ether oxygens (including phenoxy) is 1. The van der Waals surface area contributed by atoms with Crippen LogP contribution in [0.5, 0.6) is 5.75 Å². The fraction of sp³-hybridized carbons (Fsp3) is 0.417. The van der Waals surface area contributed by atoms with Crippen molar-refractivity contribution in [2.24, 2.45) is 5.73 Å². The van der Waals surface area contributed by atoms with Gasteiger partial charge in [0, 0.05) is 5.69 Å². The van der Waals surface area contributed by atoms with Crippen molar-refractivity contribution in [3.63, 3.8) is 0 Å². The zero-order chi connectivity index (χ0) is 12.8. The number of nitrogens with one attached hydrogen (secondary N) is 1. The van der Waals surface area contributed by atoms with Gasteiger partial charge < -0.3 is 15.8 Å². The van der Waals surface area contributed by atoms with Gasteiger partial charge in [0.1, 0.15) is 5.75 Å². The number of amides is 1. The number of halogens is 1. The summed E-state index contributed by atoms with van der Waals surface area (Å²) in [5.74, 6) is 0.371. The molecular formula is C12H17ClN2O2. The van der Waals surface area contributed by atoms with E-state index in [1.54, 1.807) is 25.1 Å². The van der Waals surface area contributed by atoms with Crippen molar-refractivity contribution in [2.45, 2.75) is 26.3 Å². The molecule has 1 unspecified atom stereocenters. The van der Waals surface area contributed by atoms with Crippen LogP contribution in [0.4, 0.5) is 5.69 Å². The quantitative estimate of drug-likeness (QED) is 0.850. The number of carbonyl (C=O) groups is 1. The molecule has 0 saturated carbocycles. The molecule has 4 nitrogen and oxygen atoms in total. The van der Waals surface area contributed by atoms with Gasteiger partial charge in [-0.25, -0.2) is 0 Å². The highest BCUT2D eigenvalue weighted by Crippen LogP contribution is 2.27. The maximum atomic E-state index is 11.4. The average molecular weight is 257 g/mol. The molecule has 0 aliphatic heterocycles. The molecule has 1 amide bonds. The summed E-state index contributed by atoms with van der Waals surface area (Å²) in [6.07, 6.45) is 0.916. The Morgan fingerprint density at radius 1 is 1.59 bits per heavy atom. The Hall–Kier alpha value is -1.26. The minimum atomic E-state index is -0.551. The summed E-state index contributed by atoms with van der Waals surface area (Å²) in [7, 11) is 0. The highest BCUT2D eigenvalue weighted by Gasteiger charge is 2.09. The van der Waals surface area contributed by atoms with Crippen molar-refractivity contribution >= 4 is 23.2 Å². The van der Waals surface area contributed by atoms with Crippen molar-refractivity contribution < 1.29 is 9.53 Å². The third-order valence-corrected chi connectivity index (χ3v) is 2.37. The van der Waals surface area contributed by atoms with Crippen molar-refractivity contribution in [1.82, 2.24) is 0 Å². The van der Waals surface area contributed by atoms with Crippen molar-refractivity contribution in [1.29, 1.82) is 0 Å². The molecular weight excluding hydrogens is 240 g/mol. The Kier molecular flexibility index (Phi) is 5.25. The number of benzene rings is 1. The Morgan fingerprint density at radius 2 is 2.29 bits per heavy atom. The molecule has 0 radical (unpaired) electrons. The van der Waals surface area contributed by atoms with E-state index in [2.05, 4.69) is 5.32 Å². The van der Waals surface area contributed by atoms with Gasteiger partial charge in [0.05, 0.1) is 17.7 Å². The zero-order valence-corrected chi connectivity index (χ0v) is 10.8. The van der Waals surface area contributed by atoms with Crippen LogP contribution in [0.2, 0.25) is 5.02 Å². The third kappa shape index (κ3) is 4.24. The smallest absolute Gasteiger partial charge is 0.240 e. The number of hydrogen-bond donors (Lipinski definition) is 2. The van der Waals surface area contributed by atoms with Crippen LogP contribution in [0.15, 0.2) is 18.2 Å². The number of anilines is 1. The molecule has 0 spiro atoms. The normalized spacial score (nSPS) is 12.0. The van der Waals surface area contributed by atoms with Gasteiger partial charge in [0.15, 0.2) is 0 Å². The fourth-order valence-corrected chi connectivity index (χ4v) is 1.40. The predicted molar refractivity (Wildman–Crippen MR) is 69.5 cm³/mol. The highest BCUT2D eigenvalue weighted by atomic mass is 35.5. The number of carbonyl (C=O) groups excluding carboxylic acids is 1. The maximum Gasteiger partial charge on any atom is 0.240 e. The molecule has 0 aromatic heterocycles. The fourth-order valence-electron chi connectivity index (χ4n) is 1.16. The van der Waals surface area contributed by atoms with Crippen LogP contribution in [0, 0.1) is 0 Å². The number of rotatable bonds is 5. The van der Waals surface area contributed by atoms with Gasteiger partial charge in [-0.15, -0.1) is 0 Å². The summed E-state index contributed by atoms with van der Waals surface area (Å²) < 4.78 is 5.42. The monoisotopic (exact) mass is 256 g/mol. The largest absolute Gasteiger partial charge is 0.492 e. The van der Waals surface area contributed by atoms with E-state index in [4.69, 9.17) is 22.1 Å². The van der Waals surface area contributed by atoms with Gasteiger partial charge in [-0.05, 0) is 31.5 Å². The molecule has 0 bridgehead atoms. The van der Waals surface area contributed by atoms with Gasteiger partial charge in [0.2, 0.25) is 5.91 Å². The van der Waals surface area contributed by atoms with Crippen molar-refractivity contribution in [3.05, 3.63) is 23.2 Å². The lowest BCUT2D eigenvalue weighted by molar-refractivity contribution is -0.117. The summed E-state index contributed by atoms with van der Waals surface area (Å²) in [5, 5.41) is 3.13. The van der Waals surface area contributed by atoms with Gasteiger partial charge in [-0.1, -0.05) is 18.5 Å². The van der Waals surface area contributed by atoms with E-state index in [1.807, 2.05) is 6.92 Å². The van der Waals surface area contributed by atoms with Crippen LogP contribution in [0.1, 0.15) is 20.3 Å². The summed E-state index contributed by atoms with van der Waals surface area (Å²) in [5.41, 5.74) is 6.06. The summed E-state index contributed by atoms with van der Waals surface area (Å²) in [6.45, 7) is 4.26. The maximum absolute atomic E-state index is 11.4. The van der Waals surface area contributed by atoms with Crippen LogP contribution < -0.4 is 15.8 Å². The molecule has 1 aromatic carbocycles. The second-order valence-corrected chi connectivity index (χ2v) is 4.18. The molecule has 1 rings (SSSR count). The van der Waals surface area contributed by atoms with E-state index in [0.29, 0.717) is 23.1 Å². The molecule has 0 fully saturated rings. The minimum Gasteiger partial charge on any atom is -0.492 e.